The standard InChI is InChI=1S/C17H13ClN2O3S/c1-22-16(21)12-8-6-11(7-9-12)10-24-17-20-19-15(23-17)13-4-2-3-5-14(13)18/h2-9H,10H2,1H3. The zero-order valence-corrected chi connectivity index (χ0v) is 14.3. The lowest BCUT2D eigenvalue weighted by Crippen LogP contribution is -2.00. The van der Waals surface area contributed by atoms with Crippen LogP contribution in [0.25, 0.3) is 11.5 Å². The number of rotatable bonds is 5. The summed E-state index contributed by atoms with van der Waals surface area (Å²) in [5, 5.41) is 9.07. The number of methoxy groups -OCH3 is 1. The van der Waals surface area contributed by atoms with Crippen LogP contribution in [0.3, 0.4) is 0 Å². The van der Waals surface area contributed by atoms with Crippen molar-refractivity contribution in [1.82, 2.24) is 10.2 Å². The highest BCUT2D eigenvalue weighted by atomic mass is 35.5. The van der Waals surface area contributed by atoms with Gasteiger partial charge in [0.25, 0.3) is 5.22 Å². The number of esters is 1. The lowest BCUT2D eigenvalue weighted by molar-refractivity contribution is 0.0600. The third-order valence-corrected chi connectivity index (χ3v) is 4.47. The Morgan fingerprint density at radius 2 is 1.92 bits per heavy atom. The van der Waals surface area contributed by atoms with E-state index in [0.29, 0.717) is 33.0 Å². The quantitative estimate of drug-likeness (QED) is 0.494. The molecule has 0 saturated carbocycles. The minimum Gasteiger partial charge on any atom is -0.465 e. The number of nitrogens with zero attached hydrogens (tertiary/aromatic N) is 2. The number of thioether (sulfide) groups is 1. The van der Waals surface area contributed by atoms with Crippen LogP contribution in [0.4, 0.5) is 0 Å². The molecular weight excluding hydrogens is 348 g/mol. The van der Waals surface area contributed by atoms with E-state index < -0.39 is 0 Å². The van der Waals surface area contributed by atoms with Crippen LogP contribution in [0.2, 0.25) is 5.02 Å². The Morgan fingerprint density at radius 3 is 2.62 bits per heavy atom. The van der Waals surface area contributed by atoms with Crippen LogP contribution in [0.5, 0.6) is 0 Å². The van der Waals surface area contributed by atoms with Gasteiger partial charge >= 0.3 is 5.97 Å². The lowest BCUT2D eigenvalue weighted by Gasteiger charge is -2.01. The Morgan fingerprint density at radius 1 is 1.17 bits per heavy atom. The summed E-state index contributed by atoms with van der Waals surface area (Å²) in [5.74, 6) is 0.686. The maximum absolute atomic E-state index is 11.4. The average molecular weight is 361 g/mol. The molecule has 0 unspecified atom stereocenters. The third kappa shape index (κ3) is 3.77. The van der Waals surface area contributed by atoms with Gasteiger partial charge in [-0.2, -0.15) is 0 Å². The Labute approximate surface area is 148 Å². The van der Waals surface area contributed by atoms with E-state index in [9.17, 15) is 4.79 Å². The third-order valence-electron chi connectivity index (χ3n) is 3.25. The van der Waals surface area contributed by atoms with Crippen molar-refractivity contribution in [3.63, 3.8) is 0 Å². The van der Waals surface area contributed by atoms with Gasteiger partial charge in [0.1, 0.15) is 0 Å². The van der Waals surface area contributed by atoms with Crippen LogP contribution in [0.15, 0.2) is 58.2 Å². The number of hydrogen-bond donors (Lipinski definition) is 0. The summed E-state index contributed by atoms with van der Waals surface area (Å²) < 4.78 is 10.3. The topological polar surface area (TPSA) is 65.2 Å². The molecule has 0 aliphatic carbocycles. The number of carbonyl (C=O) groups excluding carboxylic acids is 1. The number of benzene rings is 2. The number of hydrogen-bond acceptors (Lipinski definition) is 6. The van der Waals surface area contributed by atoms with Gasteiger partial charge in [-0.1, -0.05) is 47.6 Å². The van der Waals surface area contributed by atoms with Crippen LogP contribution < -0.4 is 0 Å². The molecule has 24 heavy (non-hydrogen) atoms. The van der Waals surface area contributed by atoms with Gasteiger partial charge in [-0.05, 0) is 29.8 Å². The van der Waals surface area contributed by atoms with Crippen molar-refractivity contribution in [3.05, 3.63) is 64.7 Å². The molecule has 1 heterocycles. The van der Waals surface area contributed by atoms with Crippen LogP contribution in [-0.2, 0) is 10.5 Å². The second kappa shape index (κ2) is 7.51. The first-order valence-electron chi connectivity index (χ1n) is 7.06. The minimum atomic E-state index is -0.351. The Bertz CT molecular complexity index is 849. The van der Waals surface area contributed by atoms with Gasteiger partial charge in [0, 0.05) is 5.75 Å². The second-order valence-electron chi connectivity index (χ2n) is 4.83. The van der Waals surface area contributed by atoms with Gasteiger partial charge in [0.05, 0.1) is 23.3 Å². The minimum absolute atomic E-state index is 0.351. The first-order chi connectivity index (χ1) is 11.7. The first kappa shape index (κ1) is 16.5. The molecular formula is C17H13ClN2O3S. The summed E-state index contributed by atoms with van der Waals surface area (Å²) >= 11 is 7.54. The highest BCUT2D eigenvalue weighted by molar-refractivity contribution is 7.98. The second-order valence-corrected chi connectivity index (χ2v) is 6.16. The first-order valence-corrected chi connectivity index (χ1v) is 8.42. The van der Waals surface area contributed by atoms with E-state index in [2.05, 4.69) is 14.9 Å². The van der Waals surface area contributed by atoms with E-state index in [1.54, 1.807) is 18.2 Å². The van der Waals surface area contributed by atoms with Crippen LogP contribution in [-0.4, -0.2) is 23.3 Å². The van der Waals surface area contributed by atoms with Crippen molar-refractivity contribution < 1.29 is 13.9 Å². The van der Waals surface area contributed by atoms with Gasteiger partial charge < -0.3 is 9.15 Å². The van der Waals surface area contributed by atoms with Crippen molar-refractivity contribution in [2.45, 2.75) is 11.0 Å². The molecule has 7 heteroatoms. The molecule has 0 amide bonds. The molecule has 0 spiro atoms. The lowest BCUT2D eigenvalue weighted by atomic mass is 10.1. The zero-order chi connectivity index (χ0) is 16.9. The number of carbonyl (C=O) groups is 1. The van der Waals surface area contributed by atoms with Gasteiger partial charge in [0.15, 0.2) is 0 Å². The predicted octanol–water partition coefficient (Wildman–Crippen LogP) is 4.47. The monoisotopic (exact) mass is 360 g/mol. The molecule has 0 saturated heterocycles. The van der Waals surface area contributed by atoms with E-state index in [-0.39, 0.29) is 5.97 Å². The molecule has 1 aromatic heterocycles. The van der Waals surface area contributed by atoms with Crippen molar-refractivity contribution in [1.29, 1.82) is 0 Å². The molecule has 0 fully saturated rings. The normalized spacial score (nSPS) is 10.6. The Balaban J connectivity index is 1.65. The Hall–Kier alpha value is -2.31. The summed E-state index contributed by atoms with van der Waals surface area (Å²) in [7, 11) is 1.36. The molecule has 0 N–H and O–H groups in total. The molecule has 2 aromatic carbocycles. The maximum atomic E-state index is 11.4. The SMILES string of the molecule is COC(=O)c1ccc(CSc2nnc(-c3ccccc3Cl)o2)cc1. The van der Waals surface area contributed by atoms with Crippen molar-refractivity contribution >= 4 is 29.3 Å². The number of aromatic nitrogens is 2. The van der Waals surface area contributed by atoms with Crippen molar-refractivity contribution in [3.8, 4) is 11.5 Å². The van der Waals surface area contributed by atoms with Crippen molar-refractivity contribution in [2.75, 3.05) is 7.11 Å². The van der Waals surface area contributed by atoms with E-state index in [1.165, 1.54) is 18.9 Å². The summed E-state index contributed by atoms with van der Waals surface area (Å²) in [6.07, 6.45) is 0. The largest absolute Gasteiger partial charge is 0.465 e. The van der Waals surface area contributed by atoms with Gasteiger partial charge in [-0.15, -0.1) is 10.2 Å². The van der Waals surface area contributed by atoms with Crippen molar-refractivity contribution in [2.24, 2.45) is 0 Å². The van der Waals surface area contributed by atoms with E-state index in [1.807, 2.05) is 30.3 Å². The fourth-order valence-electron chi connectivity index (χ4n) is 2.01. The van der Waals surface area contributed by atoms with Gasteiger partial charge in [-0.3, -0.25) is 0 Å². The predicted molar refractivity (Wildman–Crippen MR) is 92.1 cm³/mol. The molecule has 3 aromatic rings. The highest BCUT2D eigenvalue weighted by Crippen LogP contribution is 2.29. The summed E-state index contributed by atoms with van der Waals surface area (Å²) in [5.41, 5.74) is 2.26. The summed E-state index contributed by atoms with van der Waals surface area (Å²) in [4.78, 5) is 11.4. The van der Waals surface area contributed by atoms with Crippen LogP contribution in [0.1, 0.15) is 15.9 Å². The molecule has 0 atom stereocenters. The van der Waals surface area contributed by atoms with Gasteiger partial charge in [-0.25, -0.2) is 4.79 Å². The van der Waals surface area contributed by atoms with E-state index >= 15 is 0 Å². The number of halogens is 1. The summed E-state index contributed by atoms with van der Waals surface area (Å²) in [6, 6.07) is 14.5. The average Bonchev–Trinajstić information content (AvgIpc) is 3.09. The maximum Gasteiger partial charge on any atom is 0.337 e. The molecule has 0 aliphatic rings. The highest BCUT2D eigenvalue weighted by Gasteiger charge is 2.12. The molecule has 122 valence electrons. The molecule has 0 radical (unpaired) electrons. The van der Waals surface area contributed by atoms with Crippen LogP contribution >= 0.6 is 23.4 Å². The summed E-state index contributed by atoms with van der Waals surface area (Å²) in [6.45, 7) is 0. The Kier molecular flexibility index (Phi) is 5.17. The molecule has 0 bridgehead atoms. The number of ether oxygens (including phenoxy) is 1. The van der Waals surface area contributed by atoms with E-state index in [4.69, 9.17) is 16.0 Å². The smallest absolute Gasteiger partial charge is 0.337 e. The molecule has 5 nitrogen and oxygen atoms in total. The fraction of sp³-hybridized carbons (Fsp3) is 0.118. The molecule has 3 rings (SSSR count). The van der Waals surface area contributed by atoms with E-state index in [0.717, 1.165) is 5.56 Å². The molecule has 0 aliphatic heterocycles. The fourth-order valence-corrected chi connectivity index (χ4v) is 2.95. The van der Waals surface area contributed by atoms with Crippen LogP contribution in [0, 0.1) is 0 Å². The zero-order valence-electron chi connectivity index (χ0n) is 12.7. The van der Waals surface area contributed by atoms with Gasteiger partial charge in [0.2, 0.25) is 5.89 Å².